The molecule has 20 heavy (non-hydrogen) atoms. The normalized spacial score (nSPS) is 11.0. The number of nitrogen functional groups attached to an aromatic ring is 1. The van der Waals surface area contributed by atoms with Gasteiger partial charge in [0, 0.05) is 20.6 Å². The quantitative estimate of drug-likeness (QED) is 0.890. The van der Waals surface area contributed by atoms with Crippen LogP contribution in [0.25, 0.3) is 0 Å². The SMILES string of the molecule is CNC(=O)c1c(N(C)CCC(F)(F)F)sc(C#N)c1N. The van der Waals surface area contributed by atoms with Crippen LogP contribution in [0.1, 0.15) is 21.7 Å². The molecule has 1 amide bonds. The molecule has 0 unspecified atom stereocenters. The van der Waals surface area contributed by atoms with Gasteiger partial charge in [-0.25, -0.2) is 0 Å². The van der Waals surface area contributed by atoms with E-state index in [0.29, 0.717) is 0 Å². The van der Waals surface area contributed by atoms with E-state index in [1.54, 1.807) is 0 Å². The van der Waals surface area contributed by atoms with Gasteiger partial charge in [0.1, 0.15) is 15.9 Å². The number of halogens is 3. The fourth-order valence-corrected chi connectivity index (χ4v) is 2.53. The molecule has 0 aliphatic heterocycles. The van der Waals surface area contributed by atoms with Crippen LogP contribution in [0, 0.1) is 11.3 Å². The number of nitrogens with zero attached hydrogens (tertiary/aromatic N) is 2. The highest BCUT2D eigenvalue weighted by atomic mass is 32.1. The summed E-state index contributed by atoms with van der Waals surface area (Å²) in [6.07, 6.45) is -5.31. The van der Waals surface area contributed by atoms with Crippen LogP contribution in [-0.2, 0) is 0 Å². The largest absolute Gasteiger partial charge is 0.396 e. The minimum absolute atomic E-state index is 0.00860. The van der Waals surface area contributed by atoms with Crippen LogP contribution in [0.2, 0.25) is 0 Å². The first-order valence-electron chi connectivity index (χ1n) is 5.53. The van der Waals surface area contributed by atoms with Gasteiger partial charge < -0.3 is 16.0 Å². The lowest BCUT2D eigenvalue weighted by atomic mass is 10.2. The number of hydrogen-bond donors (Lipinski definition) is 2. The topological polar surface area (TPSA) is 82.2 Å². The zero-order valence-electron chi connectivity index (χ0n) is 10.8. The summed E-state index contributed by atoms with van der Waals surface area (Å²) in [5, 5.41) is 11.5. The third-order valence-corrected chi connectivity index (χ3v) is 3.78. The second kappa shape index (κ2) is 6.00. The summed E-state index contributed by atoms with van der Waals surface area (Å²) in [5.74, 6) is -0.533. The average molecular weight is 306 g/mol. The van der Waals surface area contributed by atoms with E-state index in [1.807, 2.05) is 6.07 Å². The van der Waals surface area contributed by atoms with Crippen molar-refractivity contribution in [3.63, 3.8) is 0 Å². The number of rotatable bonds is 4. The maximum absolute atomic E-state index is 12.2. The number of hydrogen-bond acceptors (Lipinski definition) is 5. The van der Waals surface area contributed by atoms with Gasteiger partial charge in [0.25, 0.3) is 5.91 Å². The Hall–Kier alpha value is -1.95. The molecule has 1 heterocycles. The molecule has 0 aromatic carbocycles. The molecule has 0 fully saturated rings. The molecular formula is C11H13F3N4OS. The third-order valence-electron chi connectivity index (χ3n) is 2.56. The van der Waals surface area contributed by atoms with Gasteiger partial charge in [-0.05, 0) is 0 Å². The molecule has 0 saturated heterocycles. The van der Waals surface area contributed by atoms with E-state index >= 15 is 0 Å². The fraction of sp³-hybridized carbons (Fsp3) is 0.455. The Bertz CT molecular complexity index is 547. The van der Waals surface area contributed by atoms with Crippen LogP contribution in [-0.4, -0.2) is 32.7 Å². The Labute approximate surface area is 117 Å². The fourth-order valence-electron chi connectivity index (χ4n) is 1.52. The third kappa shape index (κ3) is 3.54. The van der Waals surface area contributed by atoms with Gasteiger partial charge in [0.2, 0.25) is 0 Å². The molecule has 0 spiro atoms. The second-order valence-corrected chi connectivity index (χ2v) is 5.00. The molecule has 9 heteroatoms. The van der Waals surface area contributed by atoms with Crippen LogP contribution >= 0.6 is 11.3 Å². The molecular weight excluding hydrogens is 293 g/mol. The number of nitrogens with two attached hydrogens (primary N) is 1. The second-order valence-electron chi connectivity index (χ2n) is 4.00. The summed E-state index contributed by atoms with van der Waals surface area (Å²) in [7, 11) is 2.80. The molecule has 110 valence electrons. The Kier molecular flexibility index (Phi) is 4.83. The van der Waals surface area contributed by atoms with E-state index in [9.17, 15) is 18.0 Å². The van der Waals surface area contributed by atoms with Gasteiger partial charge in [-0.1, -0.05) is 0 Å². The van der Waals surface area contributed by atoms with E-state index in [0.717, 1.165) is 11.3 Å². The monoisotopic (exact) mass is 306 g/mol. The van der Waals surface area contributed by atoms with Gasteiger partial charge in [0.15, 0.2) is 0 Å². The van der Waals surface area contributed by atoms with E-state index in [2.05, 4.69) is 5.32 Å². The van der Waals surface area contributed by atoms with Crippen molar-refractivity contribution < 1.29 is 18.0 Å². The first kappa shape index (κ1) is 16.1. The summed E-state index contributed by atoms with van der Waals surface area (Å²) in [5.41, 5.74) is 5.72. The number of thiophene rings is 1. The van der Waals surface area contributed by atoms with Gasteiger partial charge in [-0.15, -0.1) is 11.3 Å². The Morgan fingerprint density at radius 3 is 2.60 bits per heavy atom. The first-order valence-corrected chi connectivity index (χ1v) is 6.35. The van der Waals surface area contributed by atoms with Crippen molar-refractivity contribution in [2.24, 2.45) is 0 Å². The predicted molar refractivity (Wildman–Crippen MR) is 70.8 cm³/mol. The maximum atomic E-state index is 12.2. The maximum Gasteiger partial charge on any atom is 0.390 e. The molecule has 0 radical (unpaired) electrons. The Balaban J connectivity index is 3.11. The van der Waals surface area contributed by atoms with Crippen LogP contribution in [0.15, 0.2) is 0 Å². The van der Waals surface area contributed by atoms with Crippen molar-refractivity contribution in [2.75, 3.05) is 31.3 Å². The molecule has 1 aromatic heterocycles. The van der Waals surface area contributed by atoms with Gasteiger partial charge in [0.05, 0.1) is 17.7 Å². The molecule has 0 atom stereocenters. The van der Waals surface area contributed by atoms with Crippen LogP contribution in [0.4, 0.5) is 23.9 Å². The minimum atomic E-state index is -4.29. The van der Waals surface area contributed by atoms with E-state index in [1.165, 1.54) is 19.0 Å². The zero-order chi connectivity index (χ0) is 15.5. The van der Waals surface area contributed by atoms with E-state index < -0.39 is 18.5 Å². The zero-order valence-corrected chi connectivity index (χ0v) is 11.7. The lowest BCUT2D eigenvalue weighted by Crippen LogP contribution is -2.27. The minimum Gasteiger partial charge on any atom is -0.396 e. The number of carbonyl (C=O) groups excluding carboxylic acids is 1. The molecule has 0 aliphatic carbocycles. The van der Waals surface area contributed by atoms with Crippen LogP contribution in [0.3, 0.4) is 0 Å². The van der Waals surface area contributed by atoms with Crippen molar-refractivity contribution in [2.45, 2.75) is 12.6 Å². The molecule has 3 N–H and O–H groups in total. The smallest absolute Gasteiger partial charge is 0.390 e. The van der Waals surface area contributed by atoms with Crippen molar-refractivity contribution >= 4 is 27.9 Å². The summed E-state index contributed by atoms with van der Waals surface area (Å²) >= 11 is 0.900. The number of anilines is 2. The van der Waals surface area contributed by atoms with Crippen LogP contribution in [0.5, 0.6) is 0 Å². The average Bonchev–Trinajstić information content (AvgIpc) is 2.71. The van der Waals surface area contributed by atoms with Gasteiger partial charge in [-0.2, -0.15) is 18.4 Å². The Morgan fingerprint density at radius 1 is 1.55 bits per heavy atom. The van der Waals surface area contributed by atoms with E-state index in [-0.39, 0.29) is 27.7 Å². The summed E-state index contributed by atoms with van der Waals surface area (Å²) in [4.78, 5) is 13.1. The predicted octanol–water partition coefficient (Wildman–Crippen LogP) is 1.95. The lowest BCUT2D eigenvalue weighted by Gasteiger charge is -2.19. The molecule has 5 nitrogen and oxygen atoms in total. The number of alkyl halides is 3. The summed E-state index contributed by atoms with van der Waals surface area (Å²) < 4.78 is 36.7. The molecule has 0 aliphatic rings. The number of nitriles is 1. The van der Waals surface area contributed by atoms with E-state index in [4.69, 9.17) is 11.0 Å². The highest BCUT2D eigenvalue weighted by Crippen LogP contribution is 2.37. The van der Waals surface area contributed by atoms with Crippen molar-refractivity contribution in [1.82, 2.24) is 5.32 Å². The number of amides is 1. The lowest BCUT2D eigenvalue weighted by molar-refractivity contribution is -0.132. The highest BCUT2D eigenvalue weighted by Gasteiger charge is 2.29. The molecule has 0 saturated carbocycles. The van der Waals surface area contributed by atoms with Crippen molar-refractivity contribution in [3.05, 3.63) is 10.4 Å². The van der Waals surface area contributed by atoms with Gasteiger partial charge >= 0.3 is 6.18 Å². The van der Waals surface area contributed by atoms with Gasteiger partial charge in [-0.3, -0.25) is 4.79 Å². The number of nitrogens with one attached hydrogen (secondary N) is 1. The summed E-state index contributed by atoms with van der Waals surface area (Å²) in [6, 6.07) is 1.83. The summed E-state index contributed by atoms with van der Waals surface area (Å²) in [6.45, 7) is -0.321. The Morgan fingerprint density at radius 2 is 2.15 bits per heavy atom. The molecule has 1 aromatic rings. The number of carbonyl (C=O) groups is 1. The molecule has 1 rings (SSSR count). The van der Waals surface area contributed by atoms with Crippen molar-refractivity contribution in [1.29, 1.82) is 5.26 Å². The first-order chi connectivity index (χ1) is 9.21. The standard InChI is InChI=1S/C11H13F3N4OS/c1-17-9(19)7-8(16)6(5-15)20-10(7)18(2)4-3-11(12,13)14/h3-4,16H2,1-2H3,(H,17,19). The van der Waals surface area contributed by atoms with Crippen LogP contribution < -0.4 is 16.0 Å². The molecule has 0 bridgehead atoms. The highest BCUT2D eigenvalue weighted by molar-refractivity contribution is 7.17. The van der Waals surface area contributed by atoms with Crippen molar-refractivity contribution in [3.8, 4) is 6.07 Å².